The number of amides is 1. The molecule has 2 N–H and O–H groups in total. The van der Waals surface area contributed by atoms with Crippen molar-refractivity contribution in [1.82, 2.24) is 15.2 Å². The van der Waals surface area contributed by atoms with Gasteiger partial charge < -0.3 is 0 Å². The summed E-state index contributed by atoms with van der Waals surface area (Å²) >= 11 is 0. The van der Waals surface area contributed by atoms with Crippen LogP contribution in [0.5, 0.6) is 0 Å². The molecule has 0 bridgehead atoms. The van der Waals surface area contributed by atoms with Crippen LogP contribution in [-0.4, -0.2) is 20.6 Å². The number of hydrogen-bond donors (Lipinski definition) is 2. The second-order valence-electron chi connectivity index (χ2n) is 5.19. The standard InChI is InChI=1S/C14H14F3N5O3/c1-8-13(22(24)25)9(2)21(20-8)7-12(23)19-18-11-5-3-4-10(6-11)14(15,16)17/h3-6,18H,7H2,1-2H3,(H,19,23). The number of alkyl halides is 3. The first-order valence-electron chi connectivity index (χ1n) is 7.00. The van der Waals surface area contributed by atoms with Gasteiger partial charge in [0.25, 0.3) is 5.91 Å². The van der Waals surface area contributed by atoms with Gasteiger partial charge in [0.1, 0.15) is 17.9 Å². The summed E-state index contributed by atoms with van der Waals surface area (Å²) in [6.45, 7) is 2.57. The minimum atomic E-state index is -4.50. The average Bonchev–Trinajstić information content (AvgIpc) is 2.78. The van der Waals surface area contributed by atoms with E-state index < -0.39 is 22.6 Å². The van der Waals surface area contributed by atoms with Crippen molar-refractivity contribution in [2.24, 2.45) is 0 Å². The van der Waals surface area contributed by atoms with Crippen LogP contribution in [0.1, 0.15) is 17.0 Å². The van der Waals surface area contributed by atoms with Gasteiger partial charge in [-0.3, -0.25) is 30.4 Å². The Morgan fingerprint density at radius 2 is 2.04 bits per heavy atom. The fraction of sp³-hybridized carbons (Fsp3) is 0.286. The highest BCUT2D eigenvalue weighted by Crippen LogP contribution is 2.30. The molecule has 0 spiro atoms. The molecule has 0 fully saturated rings. The third-order valence-corrected chi connectivity index (χ3v) is 3.36. The van der Waals surface area contributed by atoms with Crippen LogP contribution in [0.3, 0.4) is 0 Å². The van der Waals surface area contributed by atoms with Crippen molar-refractivity contribution in [3.8, 4) is 0 Å². The summed E-state index contributed by atoms with van der Waals surface area (Å²) < 4.78 is 39.0. The summed E-state index contributed by atoms with van der Waals surface area (Å²) in [5, 5.41) is 14.8. The maximum atomic E-state index is 12.6. The Morgan fingerprint density at radius 3 is 2.60 bits per heavy atom. The number of aromatic nitrogens is 2. The molecule has 11 heteroatoms. The summed E-state index contributed by atoms with van der Waals surface area (Å²) in [5.74, 6) is -0.627. The fourth-order valence-electron chi connectivity index (χ4n) is 2.20. The monoisotopic (exact) mass is 357 g/mol. The molecule has 0 unspecified atom stereocenters. The van der Waals surface area contributed by atoms with Crippen LogP contribution < -0.4 is 10.9 Å². The Balaban J connectivity index is 2.03. The van der Waals surface area contributed by atoms with Gasteiger partial charge in [-0.15, -0.1) is 0 Å². The van der Waals surface area contributed by atoms with Gasteiger partial charge in [-0.05, 0) is 32.0 Å². The molecule has 134 valence electrons. The number of carbonyl (C=O) groups is 1. The summed E-state index contributed by atoms with van der Waals surface area (Å²) in [6, 6.07) is 4.29. The summed E-state index contributed by atoms with van der Waals surface area (Å²) in [7, 11) is 0. The summed E-state index contributed by atoms with van der Waals surface area (Å²) in [4.78, 5) is 22.2. The van der Waals surface area contributed by atoms with Crippen LogP contribution >= 0.6 is 0 Å². The normalized spacial score (nSPS) is 11.2. The molecule has 0 aliphatic rings. The van der Waals surface area contributed by atoms with Crippen molar-refractivity contribution in [2.75, 3.05) is 5.43 Å². The van der Waals surface area contributed by atoms with Crippen molar-refractivity contribution in [3.05, 3.63) is 51.3 Å². The van der Waals surface area contributed by atoms with Gasteiger partial charge in [-0.2, -0.15) is 18.3 Å². The topological polar surface area (TPSA) is 102 Å². The number of nitro groups is 1. The second kappa shape index (κ2) is 6.79. The highest BCUT2D eigenvalue weighted by molar-refractivity contribution is 5.77. The van der Waals surface area contributed by atoms with Crippen molar-refractivity contribution in [2.45, 2.75) is 26.6 Å². The molecule has 1 amide bonds. The van der Waals surface area contributed by atoms with Crippen LogP contribution in [0.2, 0.25) is 0 Å². The van der Waals surface area contributed by atoms with Gasteiger partial charge in [0.2, 0.25) is 0 Å². The van der Waals surface area contributed by atoms with Crippen molar-refractivity contribution >= 4 is 17.3 Å². The van der Waals surface area contributed by atoms with Crippen LogP contribution in [-0.2, 0) is 17.5 Å². The number of hydrazine groups is 1. The minimum absolute atomic E-state index is 0.0440. The van der Waals surface area contributed by atoms with Crippen molar-refractivity contribution < 1.29 is 22.9 Å². The Bertz CT molecular complexity index is 817. The highest BCUT2D eigenvalue weighted by atomic mass is 19.4. The van der Waals surface area contributed by atoms with E-state index in [1.54, 1.807) is 0 Å². The Hall–Kier alpha value is -3.11. The van der Waals surface area contributed by atoms with E-state index in [-0.39, 0.29) is 29.3 Å². The van der Waals surface area contributed by atoms with E-state index in [1.807, 2.05) is 0 Å². The number of nitrogens with zero attached hydrogens (tertiary/aromatic N) is 3. The number of benzene rings is 1. The van der Waals surface area contributed by atoms with E-state index in [1.165, 1.54) is 26.0 Å². The molecule has 25 heavy (non-hydrogen) atoms. The van der Waals surface area contributed by atoms with E-state index in [9.17, 15) is 28.1 Å². The maximum absolute atomic E-state index is 12.6. The number of nitrogens with one attached hydrogen (secondary N) is 2. The van der Waals surface area contributed by atoms with Gasteiger partial charge in [-0.25, -0.2) is 0 Å². The number of carbonyl (C=O) groups excluding carboxylic acids is 1. The zero-order chi connectivity index (χ0) is 18.8. The largest absolute Gasteiger partial charge is 0.416 e. The van der Waals surface area contributed by atoms with Gasteiger partial charge in [0, 0.05) is 0 Å². The lowest BCUT2D eigenvalue weighted by molar-refractivity contribution is -0.386. The van der Waals surface area contributed by atoms with Gasteiger partial charge in [0.05, 0.1) is 16.2 Å². The molecule has 0 aliphatic heterocycles. The first-order chi connectivity index (χ1) is 11.6. The molecule has 0 atom stereocenters. The maximum Gasteiger partial charge on any atom is 0.416 e. The first kappa shape index (κ1) is 18.2. The molecule has 8 nitrogen and oxygen atoms in total. The SMILES string of the molecule is Cc1nn(CC(=O)NNc2cccc(C(F)(F)F)c2)c(C)c1[N+](=O)[O-]. The molecule has 1 aromatic heterocycles. The predicted octanol–water partition coefficient (Wildman–Crippen LogP) is 2.57. The van der Waals surface area contributed by atoms with E-state index in [0.29, 0.717) is 0 Å². The van der Waals surface area contributed by atoms with Crippen molar-refractivity contribution in [1.29, 1.82) is 0 Å². The van der Waals surface area contributed by atoms with E-state index >= 15 is 0 Å². The second-order valence-corrected chi connectivity index (χ2v) is 5.19. The third kappa shape index (κ3) is 4.25. The molecule has 0 aliphatic carbocycles. The number of hydrogen-bond acceptors (Lipinski definition) is 5. The van der Waals surface area contributed by atoms with Gasteiger partial charge >= 0.3 is 11.9 Å². The fourth-order valence-corrected chi connectivity index (χ4v) is 2.20. The first-order valence-corrected chi connectivity index (χ1v) is 7.00. The molecule has 1 heterocycles. The number of aryl methyl sites for hydroxylation is 1. The highest BCUT2D eigenvalue weighted by Gasteiger charge is 2.30. The third-order valence-electron chi connectivity index (χ3n) is 3.36. The van der Waals surface area contributed by atoms with E-state index in [0.717, 1.165) is 16.8 Å². The van der Waals surface area contributed by atoms with E-state index in [4.69, 9.17) is 0 Å². The predicted molar refractivity (Wildman–Crippen MR) is 81.6 cm³/mol. The summed E-state index contributed by atoms with van der Waals surface area (Å²) in [5.41, 5.74) is 3.97. The van der Waals surface area contributed by atoms with Crippen LogP contribution in [0.15, 0.2) is 24.3 Å². The van der Waals surface area contributed by atoms with Crippen LogP contribution in [0, 0.1) is 24.0 Å². The Kier molecular flexibility index (Phi) is 4.95. The lowest BCUT2D eigenvalue weighted by atomic mass is 10.2. The zero-order valence-corrected chi connectivity index (χ0v) is 13.2. The molecule has 0 saturated heterocycles. The molecule has 0 saturated carbocycles. The Labute approximate surface area is 139 Å². The molecule has 0 radical (unpaired) electrons. The van der Waals surface area contributed by atoms with E-state index in [2.05, 4.69) is 16.0 Å². The lowest BCUT2D eigenvalue weighted by Crippen LogP contribution is -2.33. The van der Waals surface area contributed by atoms with Gasteiger partial charge in [0.15, 0.2) is 0 Å². The lowest BCUT2D eigenvalue weighted by Gasteiger charge is -2.11. The number of anilines is 1. The molecular weight excluding hydrogens is 343 g/mol. The molecular formula is C14H14F3N5O3. The average molecular weight is 357 g/mol. The van der Waals surface area contributed by atoms with Crippen LogP contribution in [0.25, 0.3) is 0 Å². The number of halogens is 3. The summed E-state index contributed by atoms with van der Waals surface area (Å²) in [6.07, 6.45) is -4.50. The van der Waals surface area contributed by atoms with Gasteiger partial charge in [-0.1, -0.05) is 6.07 Å². The number of rotatable bonds is 5. The molecule has 1 aromatic carbocycles. The Morgan fingerprint density at radius 1 is 1.36 bits per heavy atom. The minimum Gasteiger partial charge on any atom is -0.299 e. The quantitative estimate of drug-likeness (QED) is 0.632. The van der Waals surface area contributed by atoms with Crippen LogP contribution in [0.4, 0.5) is 24.5 Å². The molecule has 2 aromatic rings. The van der Waals surface area contributed by atoms with Crippen molar-refractivity contribution in [3.63, 3.8) is 0 Å². The smallest absolute Gasteiger partial charge is 0.299 e. The zero-order valence-electron chi connectivity index (χ0n) is 13.2. The molecule has 2 rings (SSSR count).